The lowest BCUT2D eigenvalue weighted by atomic mass is 10.1. The van der Waals surface area contributed by atoms with Gasteiger partial charge < -0.3 is 9.47 Å². The van der Waals surface area contributed by atoms with Crippen molar-refractivity contribution in [3.63, 3.8) is 0 Å². The maximum absolute atomic E-state index is 5.82. The van der Waals surface area contributed by atoms with E-state index in [0.29, 0.717) is 6.61 Å². The molecule has 0 unspecified atom stereocenters. The Morgan fingerprint density at radius 1 is 1.23 bits per heavy atom. The van der Waals surface area contributed by atoms with E-state index in [1.807, 2.05) is 12.1 Å². The minimum absolute atomic E-state index is 0.626. The van der Waals surface area contributed by atoms with Gasteiger partial charge >= 0.3 is 0 Å². The summed E-state index contributed by atoms with van der Waals surface area (Å²) in [5, 5.41) is 0. The van der Waals surface area contributed by atoms with Crippen molar-refractivity contribution >= 4 is 0 Å². The summed E-state index contributed by atoms with van der Waals surface area (Å²) in [6.07, 6.45) is 10.1. The molecule has 120 valence electrons. The van der Waals surface area contributed by atoms with Crippen molar-refractivity contribution in [3.05, 3.63) is 47.1 Å². The third kappa shape index (κ3) is 5.25. The predicted molar refractivity (Wildman–Crippen MR) is 92.8 cm³/mol. The molecule has 0 bridgehead atoms. The highest BCUT2D eigenvalue weighted by atomic mass is 16.5. The Balaban J connectivity index is 1.79. The van der Waals surface area contributed by atoms with Crippen LogP contribution in [-0.4, -0.2) is 13.2 Å². The van der Waals surface area contributed by atoms with Gasteiger partial charge in [0.25, 0.3) is 0 Å². The number of benzene rings is 1. The summed E-state index contributed by atoms with van der Waals surface area (Å²) in [4.78, 5) is 0. The van der Waals surface area contributed by atoms with Crippen LogP contribution in [0.4, 0.5) is 0 Å². The van der Waals surface area contributed by atoms with Crippen LogP contribution < -0.4 is 9.47 Å². The lowest BCUT2D eigenvalue weighted by Crippen LogP contribution is -2.08. The van der Waals surface area contributed by atoms with Crippen molar-refractivity contribution in [2.45, 2.75) is 52.9 Å². The second kappa shape index (κ2) is 8.67. The maximum atomic E-state index is 5.82. The van der Waals surface area contributed by atoms with Crippen LogP contribution in [0.3, 0.4) is 0 Å². The zero-order valence-corrected chi connectivity index (χ0v) is 14.2. The Labute approximate surface area is 134 Å². The van der Waals surface area contributed by atoms with Gasteiger partial charge in [0.1, 0.15) is 18.1 Å². The molecule has 0 N–H and O–H groups in total. The summed E-state index contributed by atoms with van der Waals surface area (Å²) in [5.41, 5.74) is 4.15. The average molecular weight is 300 g/mol. The third-order valence-electron chi connectivity index (χ3n) is 4.16. The molecule has 0 amide bonds. The Kier molecular flexibility index (Phi) is 6.57. The van der Waals surface area contributed by atoms with Crippen molar-refractivity contribution in [1.82, 2.24) is 0 Å². The number of hydrogen-bond donors (Lipinski definition) is 0. The predicted octanol–water partition coefficient (Wildman–Crippen LogP) is 5.47. The number of fused-ring (bicyclic) bond motifs is 1. The van der Waals surface area contributed by atoms with E-state index in [1.54, 1.807) is 0 Å². The van der Waals surface area contributed by atoms with Crippen LogP contribution in [0.25, 0.3) is 0 Å². The molecule has 2 rings (SSSR count). The number of hydrogen-bond acceptors (Lipinski definition) is 2. The van der Waals surface area contributed by atoms with Crippen LogP contribution in [0.2, 0.25) is 0 Å². The van der Waals surface area contributed by atoms with Crippen molar-refractivity contribution in [3.8, 4) is 11.5 Å². The van der Waals surface area contributed by atoms with Gasteiger partial charge in [-0.25, -0.2) is 0 Å². The first-order chi connectivity index (χ1) is 10.7. The van der Waals surface area contributed by atoms with Crippen LogP contribution in [0.15, 0.2) is 41.5 Å². The highest BCUT2D eigenvalue weighted by Gasteiger charge is 2.10. The molecule has 22 heavy (non-hydrogen) atoms. The van der Waals surface area contributed by atoms with Crippen molar-refractivity contribution in [1.29, 1.82) is 0 Å². The van der Waals surface area contributed by atoms with E-state index in [-0.39, 0.29) is 0 Å². The Hall–Kier alpha value is -1.70. The molecular weight excluding hydrogens is 272 g/mol. The smallest absolute Gasteiger partial charge is 0.126 e. The molecule has 0 saturated heterocycles. The fraction of sp³-hybridized carbons (Fsp3) is 0.500. The summed E-state index contributed by atoms with van der Waals surface area (Å²) in [5.74, 6) is 1.89. The minimum atomic E-state index is 0.626. The number of aryl methyl sites for hydroxylation is 1. The van der Waals surface area contributed by atoms with Crippen molar-refractivity contribution in [2.75, 3.05) is 13.2 Å². The molecule has 1 aromatic rings. The first-order valence-corrected chi connectivity index (χ1v) is 8.39. The lowest BCUT2D eigenvalue weighted by molar-refractivity contribution is 0.284. The second-order valence-electron chi connectivity index (χ2n) is 6.03. The zero-order valence-electron chi connectivity index (χ0n) is 14.2. The minimum Gasteiger partial charge on any atom is -0.493 e. The fourth-order valence-corrected chi connectivity index (χ4v) is 2.48. The highest BCUT2D eigenvalue weighted by molar-refractivity contribution is 5.41. The van der Waals surface area contributed by atoms with Gasteiger partial charge in [0, 0.05) is 6.07 Å². The molecule has 2 heteroatoms. The van der Waals surface area contributed by atoms with Gasteiger partial charge in [0.15, 0.2) is 0 Å². The van der Waals surface area contributed by atoms with Crippen LogP contribution in [-0.2, 0) is 6.42 Å². The van der Waals surface area contributed by atoms with E-state index in [1.165, 1.54) is 16.7 Å². The molecule has 1 aromatic carbocycles. The van der Waals surface area contributed by atoms with Gasteiger partial charge in [-0.1, -0.05) is 30.2 Å². The molecule has 1 aliphatic heterocycles. The average Bonchev–Trinajstić information content (AvgIpc) is 2.54. The number of ether oxygens (including phenoxy) is 2. The summed E-state index contributed by atoms with van der Waals surface area (Å²) < 4.78 is 11.5. The van der Waals surface area contributed by atoms with E-state index in [4.69, 9.17) is 9.47 Å². The quantitative estimate of drug-likeness (QED) is 0.621. The van der Waals surface area contributed by atoms with Crippen LogP contribution in [0.5, 0.6) is 11.5 Å². The van der Waals surface area contributed by atoms with Crippen LogP contribution in [0, 0.1) is 0 Å². The van der Waals surface area contributed by atoms with Gasteiger partial charge in [-0.05, 0) is 63.7 Å². The molecule has 0 fully saturated rings. The Bertz CT molecular complexity index is 541. The molecule has 0 radical (unpaired) electrons. The summed E-state index contributed by atoms with van der Waals surface area (Å²) in [6, 6.07) is 6.19. The molecule has 0 aliphatic carbocycles. The monoisotopic (exact) mass is 300 g/mol. The number of rotatable bonds is 7. The van der Waals surface area contributed by atoms with Gasteiger partial charge in [0.2, 0.25) is 0 Å². The van der Waals surface area contributed by atoms with E-state index >= 15 is 0 Å². The van der Waals surface area contributed by atoms with E-state index < -0.39 is 0 Å². The molecular formula is C20H28O2. The first kappa shape index (κ1) is 16.7. The fourth-order valence-electron chi connectivity index (χ4n) is 2.48. The van der Waals surface area contributed by atoms with Gasteiger partial charge in [-0.2, -0.15) is 0 Å². The zero-order chi connectivity index (χ0) is 15.8. The summed E-state index contributed by atoms with van der Waals surface area (Å²) in [6.45, 7) is 8.01. The maximum Gasteiger partial charge on any atom is 0.126 e. The van der Waals surface area contributed by atoms with Crippen molar-refractivity contribution < 1.29 is 9.47 Å². The van der Waals surface area contributed by atoms with Crippen LogP contribution in [0.1, 0.15) is 52.0 Å². The van der Waals surface area contributed by atoms with E-state index in [0.717, 1.165) is 50.2 Å². The Morgan fingerprint density at radius 3 is 2.91 bits per heavy atom. The first-order valence-electron chi connectivity index (χ1n) is 8.39. The largest absolute Gasteiger partial charge is 0.493 e. The highest BCUT2D eigenvalue weighted by Crippen LogP contribution is 2.29. The lowest BCUT2D eigenvalue weighted by Gasteiger charge is -2.17. The normalized spacial score (nSPS) is 15.2. The number of allylic oxidation sites excluding steroid dienone is 3. The van der Waals surface area contributed by atoms with Gasteiger partial charge in [0.05, 0.1) is 6.61 Å². The SMILES string of the molecule is CCC(C)=CCCC(C)=CCOc1ccc2c(c1)OCCC2. The molecule has 0 atom stereocenters. The third-order valence-corrected chi connectivity index (χ3v) is 4.16. The second-order valence-corrected chi connectivity index (χ2v) is 6.03. The van der Waals surface area contributed by atoms with Crippen LogP contribution >= 0.6 is 0 Å². The van der Waals surface area contributed by atoms with E-state index in [9.17, 15) is 0 Å². The molecule has 1 aliphatic rings. The molecule has 0 spiro atoms. The summed E-state index contributed by atoms with van der Waals surface area (Å²) in [7, 11) is 0. The molecule has 0 saturated carbocycles. The molecule has 2 nitrogen and oxygen atoms in total. The van der Waals surface area contributed by atoms with Gasteiger partial charge in [-0.15, -0.1) is 0 Å². The standard InChI is InChI=1S/C20H28O2/c1-4-16(2)7-5-8-17(3)12-14-21-19-11-10-18-9-6-13-22-20(18)15-19/h7,10-12,15H,4-6,8-9,13-14H2,1-3H3. The topological polar surface area (TPSA) is 18.5 Å². The Morgan fingerprint density at radius 2 is 2.09 bits per heavy atom. The molecule has 1 heterocycles. The summed E-state index contributed by atoms with van der Waals surface area (Å²) >= 11 is 0. The molecule has 0 aromatic heterocycles. The van der Waals surface area contributed by atoms with Gasteiger partial charge in [-0.3, -0.25) is 0 Å². The van der Waals surface area contributed by atoms with E-state index in [2.05, 4.69) is 39.0 Å². The van der Waals surface area contributed by atoms with Crippen molar-refractivity contribution in [2.24, 2.45) is 0 Å².